The van der Waals surface area contributed by atoms with E-state index >= 15 is 0 Å². The largest absolute Gasteiger partial charge is 0.384 e. The molecule has 0 atom stereocenters. The van der Waals surface area contributed by atoms with Crippen molar-refractivity contribution in [1.82, 2.24) is 4.57 Å². The lowest BCUT2D eigenvalue weighted by Crippen LogP contribution is -2.28. The summed E-state index contributed by atoms with van der Waals surface area (Å²) in [6.07, 6.45) is 4.76. The molecule has 4 nitrogen and oxygen atoms in total. The third kappa shape index (κ3) is 2.37. The molecule has 1 aliphatic rings. The van der Waals surface area contributed by atoms with Gasteiger partial charge in [0.25, 0.3) is 5.56 Å². The number of aryl methyl sites for hydroxylation is 2. The summed E-state index contributed by atoms with van der Waals surface area (Å²) in [5.74, 6) is -0.187. The van der Waals surface area contributed by atoms with E-state index in [0.29, 0.717) is 0 Å². The van der Waals surface area contributed by atoms with Crippen LogP contribution < -0.4 is 11.3 Å². The van der Waals surface area contributed by atoms with Crippen LogP contribution in [0.25, 0.3) is 11.3 Å². The highest BCUT2D eigenvalue weighted by Crippen LogP contribution is 2.26. The van der Waals surface area contributed by atoms with E-state index in [1.54, 1.807) is 17.7 Å². The van der Waals surface area contributed by atoms with Gasteiger partial charge < -0.3 is 10.3 Å². The first kappa shape index (κ1) is 13.6. The fraction of sp³-hybridized carbons (Fsp3) is 0.294. The van der Waals surface area contributed by atoms with Crippen molar-refractivity contribution in [2.45, 2.75) is 25.7 Å². The molecule has 108 valence electrons. The van der Waals surface area contributed by atoms with Gasteiger partial charge in [-0.15, -0.1) is 0 Å². The van der Waals surface area contributed by atoms with Crippen LogP contribution in [0.3, 0.4) is 0 Å². The van der Waals surface area contributed by atoms with Gasteiger partial charge >= 0.3 is 0 Å². The molecule has 1 heterocycles. The Hall–Kier alpha value is -2.36. The fourth-order valence-corrected chi connectivity index (χ4v) is 3.02. The number of fused-ring (bicyclic) bond motifs is 1. The van der Waals surface area contributed by atoms with Gasteiger partial charge in [-0.2, -0.15) is 0 Å². The van der Waals surface area contributed by atoms with Crippen molar-refractivity contribution in [3.8, 4) is 11.3 Å². The van der Waals surface area contributed by atoms with Crippen LogP contribution in [0.4, 0.5) is 0 Å². The second-order valence-corrected chi connectivity index (χ2v) is 5.60. The Morgan fingerprint density at radius 1 is 1.14 bits per heavy atom. The van der Waals surface area contributed by atoms with Gasteiger partial charge in [-0.3, -0.25) is 10.2 Å². The first-order valence-corrected chi connectivity index (χ1v) is 7.24. The molecule has 0 radical (unpaired) electrons. The van der Waals surface area contributed by atoms with Crippen LogP contribution in [0.1, 0.15) is 29.5 Å². The molecule has 0 saturated heterocycles. The van der Waals surface area contributed by atoms with E-state index < -0.39 is 0 Å². The molecule has 3 rings (SSSR count). The van der Waals surface area contributed by atoms with E-state index in [1.807, 2.05) is 6.07 Å². The smallest absolute Gasteiger partial charge is 0.261 e. The zero-order chi connectivity index (χ0) is 15.0. The maximum absolute atomic E-state index is 12.2. The number of hydrogen-bond acceptors (Lipinski definition) is 2. The van der Waals surface area contributed by atoms with Gasteiger partial charge in [-0.05, 0) is 60.6 Å². The summed E-state index contributed by atoms with van der Waals surface area (Å²) in [5.41, 5.74) is 10.2. The summed E-state index contributed by atoms with van der Waals surface area (Å²) >= 11 is 0. The molecule has 0 unspecified atom stereocenters. The molecule has 1 aromatic heterocycles. The number of benzene rings is 1. The molecule has 1 aliphatic carbocycles. The SMILES string of the molecule is Cn1c(-c2ccc3c(c2)CCCC3)ccc(C(=N)N)c1=O. The Labute approximate surface area is 123 Å². The first-order valence-electron chi connectivity index (χ1n) is 7.24. The number of pyridine rings is 1. The normalized spacial score (nSPS) is 13.8. The van der Waals surface area contributed by atoms with Crippen molar-refractivity contribution in [3.63, 3.8) is 0 Å². The van der Waals surface area contributed by atoms with Crippen LogP contribution in [0, 0.1) is 5.41 Å². The molecule has 0 fully saturated rings. The number of nitrogens with zero attached hydrogens (tertiary/aromatic N) is 1. The number of amidine groups is 1. The van der Waals surface area contributed by atoms with E-state index in [1.165, 1.54) is 24.0 Å². The van der Waals surface area contributed by atoms with Crippen molar-refractivity contribution < 1.29 is 0 Å². The van der Waals surface area contributed by atoms with Gasteiger partial charge in [0.15, 0.2) is 0 Å². The molecule has 0 saturated carbocycles. The quantitative estimate of drug-likeness (QED) is 0.654. The second kappa shape index (κ2) is 5.20. The molecule has 0 aliphatic heterocycles. The molecule has 4 heteroatoms. The number of nitrogens with two attached hydrogens (primary N) is 1. The number of nitrogen functional groups attached to an aromatic ring is 1. The third-order valence-corrected chi connectivity index (χ3v) is 4.24. The van der Waals surface area contributed by atoms with Gasteiger partial charge in [0, 0.05) is 7.05 Å². The van der Waals surface area contributed by atoms with Gasteiger partial charge in [0.2, 0.25) is 0 Å². The van der Waals surface area contributed by atoms with Crippen LogP contribution in [-0.2, 0) is 19.9 Å². The molecular weight excluding hydrogens is 262 g/mol. The lowest BCUT2D eigenvalue weighted by Gasteiger charge is -2.17. The summed E-state index contributed by atoms with van der Waals surface area (Å²) in [6.45, 7) is 0. The zero-order valence-corrected chi connectivity index (χ0v) is 12.1. The summed E-state index contributed by atoms with van der Waals surface area (Å²) in [4.78, 5) is 12.2. The van der Waals surface area contributed by atoms with Crippen molar-refractivity contribution >= 4 is 5.84 Å². The number of rotatable bonds is 2. The minimum Gasteiger partial charge on any atom is -0.384 e. The molecule has 0 spiro atoms. The van der Waals surface area contributed by atoms with E-state index in [-0.39, 0.29) is 17.0 Å². The Balaban J connectivity index is 2.11. The van der Waals surface area contributed by atoms with Gasteiger partial charge in [0.1, 0.15) is 5.84 Å². The zero-order valence-electron chi connectivity index (χ0n) is 12.1. The Morgan fingerprint density at radius 3 is 2.57 bits per heavy atom. The van der Waals surface area contributed by atoms with Crippen LogP contribution in [0.5, 0.6) is 0 Å². The number of aromatic nitrogens is 1. The highest BCUT2D eigenvalue weighted by atomic mass is 16.1. The molecule has 2 aromatic rings. The Bertz CT molecular complexity index is 774. The summed E-state index contributed by atoms with van der Waals surface area (Å²) < 4.78 is 1.57. The van der Waals surface area contributed by atoms with E-state index in [0.717, 1.165) is 24.1 Å². The molecule has 3 N–H and O–H groups in total. The van der Waals surface area contributed by atoms with Crippen LogP contribution in [-0.4, -0.2) is 10.4 Å². The predicted molar refractivity (Wildman–Crippen MR) is 84.8 cm³/mol. The van der Waals surface area contributed by atoms with Gasteiger partial charge in [0.05, 0.1) is 11.3 Å². The fourth-order valence-electron chi connectivity index (χ4n) is 3.02. The first-order chi connectivity index (χ1) is 10.1. The Kier molecular flexibility index (Phi) is 3.37. The highest BCUT2D eigenvalue weighted by molar-refractivity contribution is 5.94. The topological polar surface area (TPSA) is 71.9 Å². The van der Waals surface area contributed by atoms with Crippen LogP contribution in [0.2, 0.25) is 0 Å². The lowest BCUT2D eigenvalue weighted by molar-refractivity contribution is 0.685. The summed E-state index contributed by atoms with van der Waals surface area (Å²) in [6, 6.07) is 9.94. The second-order valence-electron chi connectivity index (χ2n) is 5.60. The standard InChI is InChI=1S/C17H19N3O/c1-20-15(9-8-14(16(18)19)17(20)21)13-7-6-11-4-2-3-5-12(11)10-13/h6-10H,2-5H2,1H3,(H3,18,19). The molecule has 1 aromatic carbocycles. The van der Waals surface area contributed by atoms with E-state index in [9.17, 15) is 4.79 Å². The maximum Gasteiger partial charge on any atom is 0.261 e. The number of nitrogens with one attached hydrogen (secondary N) is 1. The molecular formula is C17H19N3O. The minimum absolute atomic E-state index is 0.187. The molecule has 21 heavy (non-hydrogen) atoms. The average molecular weight is 281 g/mol. The lowest BCUT2D eigenvalue weighted by atomic mass is 9.90. The van der Waals surface area contributed by atoms with Crippen molar-refractivity contribution in [2.24, 2.45) is 12.8 Å². The number of hydrogen-bond donors (Lipinski definition) is 2. The van der Waals surface area contributed by atoms with Gasteiger partial charge in [-0.25, -0.2) is 0 Å². The molecule has 0 bridgehead atoms. The van der Waals surface area contributed by atoms with Crippen molar-refractivity contribution in [1.29, 1.82) is 5.41 Å². The summed E-state index contributed by atoms with van der Waals surface area (Å²) in [7, 11) is 1.73. The van der Waals surface area contributed by atoms with Crippen LogP contribution >= 0.6 is 0 Å². The Morgan fingerprint density at radius 2 is 1.86 bits per heavy atom. The highest BCUT2D eigenvalue weighted by Gasteiger charge is 2.13. The van der Waals surface area contributed by atoms with Crippen molar-refractivity contribution in [3.05, 3.63) is 57.4 Å². The van der Waals surface area contributed by atoms with Crippen LogP contribution in [0.15, 0.2) is 35.1 Å². The van der Waals surface area contributed by atoms with Crippen molar-refractivity contribution in [2.75, 3.05) is 0 Å². The average Bonchev–Trinajstić information content (AvgIpc) is 2.49. The summed E-state index contributed by atoms with van der Waals surface area (Å²) in [5, 5.41) is 7.44. The van der Waals surface area contributed by atoms with E-state index in [2.05, 4.69) is 18.2 Å². The third-order valence-electron chi connectivity index (χ3n) is 4.24. The molecule has 0 amide bonds. The van der Waals surface area contributed by atoms with Gasteiger partial charge in [-0.1, -0.05) is 12.1 Å². The minimum atomic E-state index is -0.224. The monoisotopic (exact) mass is 281 g/mol. The maximum atomic E-state index is 12.2. The predicted octanol–water partition coefficient (Wildman–Crippen LogP) is 2.22. The van der Waals surface area contributed by atoms with E-state index in [4.69, 9.17) is 11.1 Å².